The van der Waals surface area contributed by atoms with Gasteiger partial charge >= 0.3 is 41.2 Å². The second-order valence-electron chi connectivity index (χ2n) is 0.957. The second-order valence-corrected chi connectivity index (χ2v) is 2.87. The van der Waals surface area contributed by atoms with Crippen molar-refractivity contribution in [2.24, 2.45) is 0 Å². The van der Waals surface area contributed by atoms with E-state index >= 15 is 0 Å². The van der Waals surface area contributed by atoms with E-state index < -0.39 is 8.17 Å². The molecule has 0 aliphatic carbocycles. The van der Waals surface area contributed by atoms with Crippen molar-refractivity contribution in [1.82, 2.24) is 0 Å². The van der Waals surface area contributed by atoms with E-state index in [9.17, 15) is 0 Å². The Morgan fingerprint density at radius 1 is 1.14 bits per heavy atom. The van der Waals surface area contributed by atoms with E-state index in [4.69, 9.17) is 9.79 Å². The molecule has 0 saturated carbocycles. The molecule has 0 fully saturated rings. The van der Waals surface area contributed by atoms with Gasteiger partial charge in [-0.15, -0.1) is 0 Å². The fraction of sp³-hybridized carbons (Fsp3) is 1.00. The standard InChI is InChI=1S/C2H9O4P/c1-5-7(3,4)6-2/h3-4,7H,1-2H3. The van der Waals surface area contributed by atoms with E-state index in [0.717, 1.165) is 0 Å². The average Bonchev–Trinajstić information content (AvgIpc) is 1.68. The van der Waals surface area contributed by atoms with Crippen LogP contribution in [0.5, 0.6) is 0 Å². The predicted molar refractivity (Wildman–Crippen MR) is 26.8 cm³/mol. The minimum atomic E-state index is -3.65. The van der Waals surface area contributed by atoms with Gasteiger partial charge in [-0.05, 0) is 0 Å². The van der Waals surface area contributed by atoms with Crippen molar-refractivity contribution in [3.05, 3.63) is 0 Å². The number of hydrogen-bond donors (Lipinski definition) is 2. The Labute approximate surface area is 42.4 Å². The van der Waals surface area contributed by atoms with Crippen LogP contribution in [0.2, 0.25) is 0 Å². The molecule has 0 spiro atoms. The van der Waals surface area contributed by atoms with Gasteiger partial charge in [0.25, 0.3) is 0 Å². The third kappa shape index (κ3) is 2.91. The van der Waals surface area contributed by atoms with Crippen LogP contribution < -0.4 is 0 Å². The summed E-state index contributed by atoms with van der Waals surface area (Å²) in [6.07, 6.45) is 0. The zero-order valence-corrected chi connectivity index (χ0v) is 5.21. The summed E-state index contributed by atoms with van der Waals surface area (Å²) in [5, 5.41) is 0. The van der Waals surface area contributed by atoms with Crippen LogP contribution in [-0.4, -0.2) is 24.0 Å². The van der Waals surface area contributed by atoms with Crippen LogP contribution in [0.25, 0.3) is 0 Å². The van der Waals surface area contributed by atoms with Crippen LogP contribution in [0.1, 0.15) is 0 Å². The molecule has 0 unspecified atom stereocenters. The normalized spacial score (nSPS) is 14.3. The summed E-state index contributed by atoms with van der Waals surface area (Å²) in [6.45, 7) is 0. The van der Waals surface area contributed by atoms with Crippen LogP contribution in [0.4, 0.5) is 0 Å². The van der Waals surface area contributed by atoms with Gasteiger partial charge in [-0.3, -0.25) is 0 Å². The molecule has 0 aliphatic rings. The van der Waals surface area contributed by atoms with E-state index in [-0.39, 0.29) is 0 Å². The van der Waals surface area contributed by atoms with Gasteiger partial charge in [0.1, 0.15) is 0 Å². The minimum absolute atomic E-state index is 1.18. The molecule has 0 radical (unpaired) electrons. The van der Waals surface area contributed by atoms with Crippen molar-refractivity contribution in [1.29, 1.82) is 0 Å². The Morgan fingerprint density at radius 2 is 1.43 bits per heavy atom. The third-order valence-electron chi connectivity index (χ3n) is 0.532. The molecule has 7 heavy (non-hydrogen) atoms. The Bertz CT molecular complexity index is 47.7. The molecule has 0 saturated heterocycles. The summed E-state index contributed by atoms with van der Waals surface area (Å²) in [5.41, 5.74) is 0. The summed E-state index contributed by atoms with van der Waals surface area (Å²) in [6, 6.07) is 0. The molecule has 0 bridgehead atoms. The molecule has 0 atom stereocenters. The van der Waals surface area contributed by atoms with E-state index in [2.05, 4.69) is 9.05 Å². The van der Waals surface area contributed by atoms with Gasteiger partial charge in [-0.2, -0.15) is 0 Å². The zero-order chi connectivity index (χ0) is 5.91. The molecule has 0 aromatic rings. The molecule has 0 amide bonds. The van der Waals surface area contributed by atoms with Gasteiger partial charge in [-0.25, -0.2) is 0 Å². The molecule has 5 heteroatoms. The number of hydrogen-bond acceptors (Lipinski definition) is 4. The van der Waals surface area contributed by atoms with Crippen LogP contribution in [-0.2, 0) is 9.05 Å². The molecular formula is C2H9O4P. The topological polar surface area (TPSA) is 58.9 Å². The van der Waals surface area contributed by atoms with Crippen LogP contribution in [0.3, 0.4) is 0 Å². The van der Waals surface area contributed by atoms with Crippen LogP contribution >= 0.6 is 8.17 Å². The van der Waals surface area contributed by atoms with Crippen molar-refractivity contribution in [2.75, 3.05) is 14.2 Å². The first kappa shape index (κ1) is 7.27. The van der Waals surface area contributed by atoms with Crippen LogP contribution in [0.15, 0.2) is 0 Å². The van der Waals surface area contributed by atoms with E-state index in [1.807, 2.05) is 0 Å². The molecular weight excluding hydrogens is 119 g/mol. The molecule has 0 heterocycles. The van der Waals surface area contributed by atoms with Crippen molar-refractivity contribution in [3.63, 3.8) is 0 Å². The van der Waals surface area contributed by atoms with Gasteiger partial charge in [0.05, 0.1) is 0 Å². The van der Waals surface area contributed by atoms with E-state index in [1.54, 1.807) is 0 Å². The fourth-order valence-electron chi connectivity index (χ4n) is 0.0833. The van der Waals surface area contributed by atoms with Gasteiger partial charge in [0, 0.05) is 0 Å². The summed E-state index contributed by atoms with van der Waals surface area (Å²) in [4.78, 5) is 16.8. The summed E-state index contributed by atoms with van der Waals surface area (Å²) < 4.78 is 8.23. The molecule has 46 valence electrons. The van der Waals surface area contributed by atoms with Gasteiger partial charge < -0.3 is 0 Å². The SMILES string of the molecule is CO[PH](O)(O)OC. The van der Waals surface area contributed by atoms with Crippen molar-refractivity contribution >= 4 is 8.17 Å². The molecule has 0 aromatic carbocycles. The third-order valence-corrected chi connectivity index (χ3v) is 1.60. The maximum atomic E-state index is 8.38. The first-order valence-electron chi connectivity index (χ1n) is 1.67. The van der Waals surface area contributed by atoms with Gasteiger partial charge in [0.2, 0.25) is 0 Å². The summed E-state index contributed by atoms with van der Waals surface area (Å²) in [5.74, 6) is 0. The Morgan fingerprint density at radius 3 is 1.43 bits per heavy atom. The van der Waals surface area contributed by atoms with Crippen molar-refractivity contribution in [3.8, 4) is 0 Å². The molecule has 0 rings (SSSR count). The molecule has 4 nitrogen and oxygen atoms in total. The molecule has 2 N–H and O–H groups in total. The van der Waals surface area contributed by atoms with Crippen molar-refractivity contribution in [2.45, 2.75) is 0 Å². The van der Waals surface area contributed by atoms with Gasteiger partial charge in [-0.1, -0.05) is 0 Å². The molecule has 0 aliphatic heterocycles. The Balaban J connectivity index is 3.36. The van der Waals surface area contributed by atoms with Gasteiger partial charge in [0.15, 0.2) is 0 Å². The first-order valence-corrected chi connectivity index (χ1v) is 3.38. The second kappa shape index (κ2) is 2.55. The Hall–Kier alpha value is 0.270. The van der Waals surface area contributed by atoms with E-state index in [0.29, 0.717) is 0 Å². The molecule has 0 aromatic heterocycles. The quantitative estimate of drug-likeness (QED) is 0.500. The fourth-order valence-corrected chi connectivity index (χ4v) is 0.250. The first-order chi connectivity index (χ1) is 3.12. The summed E-state index contributed by atoms with van der Waals surface area (Å²) >= 11 is 0. The summed E-state index contributed by atoms with van der Waals surface area (Å²) in [7, 11) is -1.30. The van der Waals surface area contributed by atoms with E-state index in [1.165, 1.54) is 14.2 Å². The maximum absolute atomic E-state index is 8.38. The Kier molecular flexibility index (Phi) is 2.64. The number of rotatable bonds is 2. The zero-order valence-electron chi connectivity index (χ0n) is 4.21. The predicted octanol–water partition coefficient (Wildman–Crippen LogP) is -0.326. The van der Waals surface area contributed by atoms with Crippen LogP contribution in [0, 0.1) is 0 Å². The monoisotopic (exact) mass is 128 g/mol. The van der Waals surface area contributed by atoms with Crippen molar-refractivity contribution < 1.29 is 18.8 Å². The average molecular weight is 128 g/mol.